The third-order valence-electron chi connectivity index (χ3n) is 2.36. The molecule has 1 aliphatic heterocycles. The largest absolute Gasteiger partial charge is 0.385 e. The van der Waals surface area contributed by atoms with Gasteiger partial charge in [0.1, 0.15) is 0 Å². The molecule has 0 saturated carbocycles. The normalized spacial score (nSPS) is 22.5. The summed E-state index contributed by atoms with van der Waals surface area (Å²) in [5.74, 6) is 0. The van der Waals surface area contributed by atoms with Crippen LogP contribution in [0, 0.1) is 5.41 Å². The van der Waals surface area contributed by atoms with Crippen LogP contribution in [0.1, 0.15) is 33.1 Å². The van der Waals surface area contributed by atoms with Crippen molar-refractivity contribution in [1.29, 1.82) is 0 Å². The Morgan fingerprint density at radius 2 is 1.86 bits per heavy atom. The molecule has 0 bridgehead atoms. The molecule has 0 spiro atoms. The highest BCUT2D eigenvalue weighted by Crippen LogP contribution is 2.24. The Kier molecular flexibility index (Phi) is 4.85. The minimum Gasteiger partial charge on any atom is -0.385 e. The first-order valence-electron chi connectivity index (χ1n) is 5.36. The van der Waals surface area contributed by atoms with Crippen LogP contribution in [0.15, 0.2) is 0 Å². The molecule has 3 heteroatoms. The Morgan fingerprint density at radius 3 is 2.43 bits per heavy atom. The topological polar surface area (TPSA) is 27.7 Å². The van der Waals surface area contributed by atoms with Gasteiger partial charge in [-0.25, -0.2) is 0 Å². The van der Waals surface area contributed by atoms with Gasteiger partial charge in [0.15, 0.2) is 6.29 Å². The van der Waals surface area contributed by atoms with Crippen molar-refractivity contribution in [3.8, 4) is 0 Å². The first-order valence-corrected chi connectivity index (χ1v) is 5.36. The summed E-state index contributed by atoms with van der Waals surface area (Å²) < 4.78 is 16.2. The van der Waals surface area contributed by atoms with Gasteiger partial charge in [-0.1, -0.05) is 13.8 Å². The Hall–Kier alpha value is -0.120. The van der Waals surface area contributed by atoms with E-state index in [1.165, 1.54) is 0 Å². The Labute approximate surface area is 86.7 Å². The third kappa shape index (κ3) is 4.40. The molecule has 1 heterocycles. The lowest BCUT2D eigenvalue weighted by molar-refractivity contribution is -0.224. The van der Waals surface area contributed by atoms with E-state index in [1.807, 2.05) is 0 Å². The monoisotopic (exact) mass is 202 g/mol. The minimum absolute atomic E-state index is 0.0138. The van der Waals surface area contributed by atoms with Gasteiger partial charge in [0.05, 0.1) is 13.2 Å². The Balaban J connectivity index is 2.04. The molecule has 1 rings (SSSR count). The second kappa shape index (κ2) is 5.69. The van der Waals surface area contributed by atoms with Gasteiger partial charge in [-0.2, -0.15) is 0 Å². The number of unbranched alkanes of at least 4 members (excludes halogenated alkanes) is 1. The van der Waals surface area contributed by atoms with Crippen molar-refractivity contribution in [3.05, 3.63) is 0 Å². The van der Waals surface area contributed by atoms with Crippen molar-refractivity contribution in [2.45, 2.75) is 39.4 Å². The minimum atomic E-state index is 0.0138. The van der Waals surface area contributed by atoms with E-state index < -0.39 is 0 Å². The zero-order valence-electron chi connectivity index (χ0n) is 9.54. The first-order chi connectivity index (χ1) is 6.64. The standard InChI is InChI=1S/C11H22O3/c1-11(2)8-13-10(14-9-11)6-4-5-7-12-3/h10H,4-9H2,1-3H3. The van der Waals surface area contributed by atoms with Crippen LogP contribution in [-0.2, 0) is 14.2 Å². The van der Waals surface area contributed by atoms with Crippen LogP contribution < -0.4 is 0 Å². The van der Waals surface area contributed by atoms with E-state index >= 15 is 0 Å². The molecule has 0 aliphatic carbocycles. The zero-order valence-corrected chi connectivity index (χ0v) is 9.54. The highest BCUT2D eigenvalue weighted by atomic mass is 16.7. The van der Waals surface area contributed by atoms with Gasteiger partial charge in [-0.05, 0) is 19.3 Å². The van der Waals surface area contributed by atoms with Crippen molar-refractivity contribution in [2.24, 2.45) is 5.41 Å². The van der Waals surface area contributed by atoms with E-state index in [2.05, 4.69) is 13.8 Å². The van der Waals surface area contributed by atoms with E-state index in [4.69, 9.17) is 14.2 Å². The molecule has 0 radical (unpaired) electrons. The SMILES string of the molecule is COCCCCC1OCC(C)(C)CO1. The maximum Gasteiger partial charge on any atom is 0.157 e. The van der Waals surface area contributed by atoms with Crippen molar-refractivity contribution >= 4 is 0 Å². The van der Waals surface area contributed by atoms with Crippen molar-refractivity contribution < 1.29 is 14.2 Å². The smallest absolute Gasteiger partial charge is 0.157 e. The summed E-state index contributed by atoms with van der Waals surface area (Å²) in [6.07, 6.45) is 3.20. The predicted molar refractivity (Wildman–Crippen MR) is 55.2 cm³/mol. The Morgan fingerprint density at radius 1 is 1.21 bits per heavy atom. The average Bonchev–Trinajstić information content (AvgIpc) is 2.15. The van der Waals surface area contributed by atoms with E-state index in [-0.39, 0.29) is 11.7 Å². The fraction of sp³-hybridized carbons (Fsp3) is 1.00. The second-order valence-corrected chi connectivity index (χ2v) is 4.70. The lowest BCUT2D eigenvalue weighted by Gasteiger charge is -2.34. The number of methoxy groups -OCH3 is 1. The molecule has 0 amide bonds. The molecule has 0 N–H and O–H groups in total. The molecule has 0 aromatic rings. The average molecular weight is 202 g/mol. The highest BCUT2D eigenvalue weighted by Gasteiger charge is 2.27. The number of ether oxygens (including phenoxy) is 3. The van der Waals surface area contributed by atoms with E-state index in [1.54, 1.807) is 7.11 Å². The lowest BCUT2D eigenvalue weighted by Crippen LogP contribution is -2.37. The van der Waals surface area contributed by atoms with Crippen LogP contribution in [-0.4, -0.2) is 33.2 Å². The fourth-order valence-corrected chi connectivity index (χ4v) is 1.45. The summed E-state index contributed by atoms with van der Waals surface area (Å²) in [4.78, 5) is 0. The summed E-state index contributed by atoms with van der Waals surface area (Å²) in [7, 11) is 1.73. The molecule has 0 atom stereocenters. The number of rotatable bonds is 5. The van der Waals surface area contributed by atoms with E-state index in [0.29, 0.717) is 0 Å². The summed E-state index contributed by atoms with van der Waals surface area (Å²) in [6.45, 7) is 6.77. The quantitative estimate of drug-likeness (QED) is 0.640. The van der Waals surface area contributed by atoms with Gasteiger partial charge in [0.25, 0.3) is 0 Å². The first kappa shape index (κ1) is 12.0. The van der Waals surface area contributed by atoms with Crippen LogP contribution in [0.25, 0.3) is 0 Å². The molecular formula is C11H22O3. The second-order valence-electron chi connectivity index (χ2n) is 4.70. The summed E-state index contributed by atoms with van der Waals surface area (Å²) in [5.41, 5.74) is 0.184. The van der Waals surface area contributed by atoms with Crippen molar-refractivity contribution in [3.63, 3.8) is 0 Å². The van der Waals surface area contributed by atoms with Crippen LogP contribution in [0.5, 0.6) is 0 Å². The summed E-state index contributed by atoms with van der Waals surface area (Å²) in [6, 6.07) is 0. The maximum atomic E-state index is 5.61. The highest BCUT2D eigenvalue weighted by molar-refractivity contribution is 4.71. The summed E-state index contributed by atoms with van der Waals surface area (Å²) >= 11 is 0. The van der Waals surface area contributed by atoms with Crippen LogP contribution in [0.2, 0.25) is 0 Å². The molecule has 1 saturated heterocycles. The molecule has 84 valence electrons. The van der Waals surface area contributed by atoms with Crippen molar-refractivity contribution in [2.75, 3.05) is 26.9 Å². The number of hydrogen-bond donors (Lipinski definition) is 0. The molecule has 1 aliphatic rings. The van der Waals surface area contributed by atoms with Gasteiger partial charge in [-0.15, -0.1) is 0 Å². The molecule has 0 aromatic heterocycles. The maximum absolute atomic E-state index is 5.61. The molecule has 0 unspecified atom stereocenters. The zero-order chi connectivity index (χ0) is 10.4. The van der Waals surface area contributed by atoms with E-state index in [9.17, 15) is 0 Å². The fourth-order valence-electron chi connectivity index (χ4n) is 1.45. The van der Waals surface area contributed by atoms with Crippen LogP contribution in [0.4, 0.5) is 0 Å². The van der Waals surface area contributed by atoms with Gasteiger partial charge in [-0.3, -0.25) is 0 Å². The van der Waals surface area contributed by atoms with Gasteiger partial charge >= 0.3 is 0 Å². The third-order valence-corrected chi connectivity index (χ3v) is 2.36. The molecular weight excluding hydrogens is 180 g/mol. The molecule has 1 fully saturated rings. The Bertz CT molecular complexity index is 147. The number of hydrogen-bond acceptors (Lipinski definition) is 3. The van der Waals surface area contributed by atoms with Crippen LogP contribution in [0.3, 0.4) is 0 Å². The van der Waals surface area contributed by atoms with Crippen LogP contribution >= 0.6 is 0 Å². The van der Waals surface area contributed by atoms with Gasteiger partial charge in [0.2, 0.25) is 0 Å². The molecule has 14 heavy (non-hydrogen) atoms. The van der Waals surface area contributed by atoms with Gasteiger partial charge < -0.3 is 14.2 Å². The lowest BCUT2D eigenvalue weighted by atomic mass is 9.95. The van der Waals surface area contributed by atoms with Crippen molar-refractivity contribution in [1.82, 2.24) is 0 Å². The summed E-state index contributed by atoms with van der Waals surface area (Å²) in [5, 5.41) is 0. The van der Waals surface area contributed by atoms with Gasteiger partial charge in [0, 0.05) is 19.1 Å². The predicted octanol–water partition coefficient (Wildman–Crippen LogP) is 2.20. The van der Waals surface area contributed by atoms with E-state index in [0.717, 1.165) is 39.1 Å². The molecule has 3 nitrogen and oxygen atoms in total. The molecule has 0 aromatic carbocycles.